The number of hydrogen-bond donors (Lipinski definition) is 2. The van der Waals surface area contributed by atoms with Crippen LogP contribution in [-0.4, -0.2) is 22.9 Å². The van der Waals surface area contributed by atoms with Crippen molar-refractivity contribution in [3.8, 4) is 11.6 Å². The normalized spacial score (nSPS) is 11.6. The van der Waals surface area contributed by atoms with Crippen LogP contribution in [0.4, 0.5) is 0 Å². The highest BCUT2D eigenvalue weighted by Crippen LogP contribution is 2.22. The average molecular weight is 294 g/mol. The van der Waals surface area contributed by atoms with E-state index in [1.165, 1.54) is 11.3 Å². The fraction of sp³-hybridized carbons (Fsp3) is 0.231. The standard InChI is InChI=1S/C13H14N2O2S2/c1-8(11-12(16)15-13(18)19-11)14-7-9-4-3-5-10(6-9)17-2/h3-6,16H,7H2,1-2H3,(H,15,18). The monoisotopic (exact) mass is 294 g/mol. The van der Waals surface area contributed by atoms with Crippen molar-refractivity contribution >= 4 is 29.3 Å². The Morgan fingerprint density at radius 1 is 1.53 bits per heavy atom. The van der Waals surface area contributed by atoms with E-state index in [0.29, 0.717) is 15.4 Å². The first-order chi connectivity index (χ1) is 9.10. The molecular weight excluding hydrogens is 280 g/mol. The number of aromatic amines is 1. The van der Waals surface area contributed by atoms with E-state index in [1.807, 2.05) is 31.2 Å². The predicted octanol–water partition coefficient (Wildman–Crippen LogP) is 3.53. The van der Waals surface area contributed by atoms with E-state index < -0.39 is 0 Å². The lowest BCUT2D eigenvalue weighted by atomic mass is 10.2. The highest BCUT2D eigenvalue weighted by Gasteiger charge is 2.07. The lowest BCUT2D eigenvalue weighted by Gasteiger charge is -2.02. The minimum Gasteiger partial charge on any atom is -0.497 e. The molecule has 0 spiro atoms. The highest BCUT2D eigenvalue weighted by atomic mass is 32.1. The molecule has 0 fully saturated rings. The van der Waals surface area contributed by atoms with Crippen LogP contribution in [0, 0.1) is 3.95 Å². The number of nitrogens with zero attached hydrogens (tertiary/aromatic N) is 1. The van der Waals surface area contributed by atoms with Crippen LogP contribution >= 0.6 is 23.6 Å². The summed E-state index contributed by atoms with van der Waals surface area (Å²) in [5.41, 5.74) is 1.81. The molecule has 0 unspecified atom stereocenters. The number of hydrogen-bond acceptors (Lipinski definition) is 5. The topological polar surface area (TPSA) is 57.6 Å². The molecule has 1 aromatic heterocycles. The van der Waals surface area contributed by atoms with E-state index in [9.17, 15) is 5.11 Å². The molecule has 0 bridgehead atoms. The van der Waals surface area contributed by atoms with Crippen molar-refractivity contribution in [1.82, 2.24) is 4.98 Å². The Morgan fingerprint density at radius 2 is 2.32 bits per heavy atom. The number of rotatable bonds is 4. The van der Waals surface area contributed by atoms with Crippen molar-refractivity contribution in [1.29, 1.82) is 0 Å². The largest absolute Gasteiger partial charge is 0.497 e. The summed E-state index contributed by atoms with van der Waals surface area (Å²) in [5.74, 6) is 0.896. The van der Waals surface area contributed by atoms with E-state index in [2.05, 4.69) is 9.98 Å². The van der Waals surface area contributed by atoms with Gasteiger partial charge < -0.3 is 14.8 Å². The summed E-state index contributed by atoms with van der Waals surface area (Å²) in [5, 5.41) is 9.67. The molecule has 1 aromatic carbocycles. The smallest absolute Gasteiger partial charge is 0.209 e. The minimum absolute atomic E-state index is 0.0851. The van der Waals surface area contributed by atoms with Gasteiger partial charge >= 0.3 is 0 Å². The van der Waals surface area contributed by atoms with E-state index in [4.69, 9.17) is 17.0 Å². The van der Waals surface area contributed by atoms with Crippen LogP contribution in [0.25, 0.3) is 0 Å². The van der Waals surface area contributed by atoms with Gasteiger partial charge in [-0.15, -0.1) is 0 Å². The Morgan fingerprint density at radius 3 is 2.95 bits per heavy atom. The maximum absolute atomic E-state index is 9.67. The number of ether oxygens (including phenoxy) is 1. The molecule has 0 saturated carbocycles. The van der Waals surface area contributed by atoms with Gasteiger partial charge in [0.05, 0.1) is 19.4 Å². The van der Waals surface area contributed by atoms with Gasteiger partial charge in [-0.1, -0.05) is 23.5 Å². The SMILES string of the molecule is COc1cccc(CN=C(C)c2sc(=S)[nH]c2O)c1. The molecule has 0 atom stereocenters. The van der Waals surface area contributed by atoms with Crippen LogP contribution in [0.1, 0.15) is 17.4 Å². The number of H-pyrrole nitrogens is 1. The fourth-order valence-corrected chi connectivity index (χ4v) is 2.66. The molecule has 2 aromatic rings. The summed E-state index contributed by atoms with van der Waals surface area (Å²) in [6, 6.07) is 7.74. The zero-order valence-corrected chi connectivity index (χ0v) is 12.3. The molecule has 4 nitrogen and oxygen atoms in total. The van der Waals surface area contributed by atoms with E-state index in [1.54, 1.807) is 7.11 Å². The van der Waals surface area contributed by atoms with Gasteiger partial charge in [0.1, 0.15) is 10.6 Å². The number of benzene rings is 1. The second kappa shape index (κ2) is 5.99. The molecular formula is C13H14N2O2S2. The lowest BCUT2D eigenvalue weighted by Crippen LogP contribution is -1.94. The van der Waals surface area contributed by atoms with Crippen LogP contribution in [-0.2, 0) is 6.54 Å². The molecule has 0 aliphatic heterocycles. The van der Waals surface area contributed by atoms with Gasteiger partial charge in [0, 0.05) is 0 Å². The van der Waals surface area contributed by atoms with Crippen molar-refractivity contribution in [3.05, 3.63) is 38.7 Å². The number of aromatic hydroxyl groups is 1. The maximum Gasteiger partial charge on any atom is 0.209 e. The van der Waals surface area contributed by atoms with Gasteiger partial charge in [0.15, 0.2) is 3.95 Å². The van der Waals surface area contributed by atoms with Gasteiger partial charge in [-0.05, 0) is 36.8 Å². The van der Waals surface area contributed by atoms with Gasteiger partial charge in [-0.2, -0.15) is 0 Å². The molecule has 19 heavy (non-hydrogen) atoms. The number of nitrogens with one attached hydrogen (secondary N) is 1. The minimum atomic E-state index is 0.0851. The fourth-order valence-electron chi connectivity index (χ4n) is 1.62. The quantitative estimate of drug-likeness (QED) is 0.670. The molecule has 0 amide bonds. The average Bonchev–Trinajstić information content (AvgIpc) is 2.75. The molecule has 1 heterocycles. The van der Waals surface area contributed by atoms with Crippen molar-refractivity contribution in [2.45, 2.75) is 13.5 Å². The number of aromatic nitrogens is 1. The Hall–Kier alpha value is -1.66. The van der Waals surface area contributed by atoms with E-state index in [0.717, 1.165) is 17.0 Å². The first kappa shape index (κ1) is 13.8. The van der Waals surface area contributed by atoms with Gasteiger partial charge in [0.25, 0.3) is 0 Å². The van der Waals surface area contributed by atoms with Crippen LogP contribution in [0.15, 0.2) is 29.3 Å². The molecule has 0 aliphatic carbocycles. The summed E-state index contributed by atoms with van der Waals surface area (Å²) < 4.78 is 5.71. The van der Waals surface area contributed by atoms with Crippen molar-refractivity contribution in [2.75, 3.05) is 7.11 Å². The number of methoxy groups -OCH3 is 1. The molecule has 6 heteroatoms. The Labute approximate surface area is 120 Å². The Balaban J connectivity index is 2.17. The zero-order chi connectivity index (χ0) is 13.8. The van der Waals surface area contributed by atoms with E-state index >= 15 is 0 Å². The molecule has 0 aliphatic rings. The summed E-state index contributed by atoms with van der Waals surface area (Å²) in [6.07, 6.45) is 0. The highest BCUT2D eigenvalue weighted by molar-refractivity contribution is 7.73. The first-order valence-electron chi connectivity index (χ1n) is 5.66. The third-order valence-electron chi connectivity index (χ3n) is 2.59. The van der Waals surface area contributed by atoms with Crippen LogP contribution in [0.2, 0.25) is 0 Å². The van der Waals surface area contributed by atoms with Crippen molar-refractivity contribution < 1.29 is 9.84 Å². The summed E-state index contributed by atoms with van der Waals surface area (Å²) in [6.45, 7) is 2.39. The van der Waals surface area contributed by atoms with E-state index in [-0.39, 0.29) is 5.88 Å². The Bertz CT molecular complexity index is 659. The van der Waals surface area contributed by atoms with Gasteiger partial charge in [-0.3, -0.25) is 4.99 Å². The second-order valence-corrected chi connectivity index (χ2v) is 5.63. The summed E-state index contributed by atoms with van der Waals surface area (Å²) in [4.78, 5) is 7.84. The molecule has 0 saturated heterocycles. The first-order valence-corrected chi connectivity index (χ1v) is 6.89. The van der Waals surface area contributed by atoms with Crippen molar-refractivity contribution in [3.63, 3.8) is 0 Å². The molecule has 0 radical (unpaired) electrons. The molecule has 2 rings (SSSR count). The second-order valence-electron chi connectivity index (χ2n) is 3.95. The van der Waals surface area contributed by atoms with Crippen LogP contribution in [0.3, 0.4) is 0 Å². The van der Waals surface area contributed by atoms with Crippen molar-refractivity contribution in [2.24, 2.45) is 4.99 Å². The van der Waals surface area contributed by atoms with Crippen LogP contribution in [0.5, 0.6) is 11.6 Å². The molecule has 2 N–H and O–H groups in total. The number of aliphatic imine (C=N–C) groups is 1. The van der Waals surface area contributed by atoms with Gasteiger partial charge in [0.2, 0.25) is 5.88 Å². The van der Waals surface area contributed by atoms with Crippen LogP contribution < -0.4 is 4.74 Å². The summed E-state index contributed by atoms with van der Waals surface area (Å²) >= 11 is 6.30. The predicted molar refractivity (Wildman–Crippen MR) is 80.1 cm³/mol. The van der Waals surface area contributed by atoms with Gasteiger partial charge in [-0.25, -0.2) is 0 Å². The maximum atomic E-state index is 9.67. The zero-order valence-electron chi connectivity index (χ0n) is 10.6. The third-order valence-corrected chi connectivity index (χ3v) is 3.92. The number of thiazole rings is 1. The Kier molecular flexibility index (Phi) is 4.34. The lowest BCUT2D eigenvalue weighted by molar-refractivity contribution is 0.414. The molecule has 100 valence electrons. The third kappa shape index (κ3) is 3.42. The summed E-state index contributed by atoms with van der Waals surface area (Å²) in [7, 11) is 1.64.